The highest BCUT2D eigenvalue weighted by atomic mass is 32.1. The average molecular weight is 305 g/mol. The number of ether oxygens (including phenoxy) is 1. The van der Waals surface area contributed by atoms with E-state index in [2.05, 4.69) is 34.8 Å². The summed E-state index contributed by atoms with van der Waals surface area (Å²) in [6, 6.07) is 8.32. The molecule has 5 heteroatoms. The average Bonchev–Trinajstić information content (AvgIpc) is 2.92. The molecule has 0 amide bonds. The maximum absolute atomic E-state index is 5.34. The van der Waals surface area contributed by atoms with Crippen molar-refractivity contribution in [3.63, 3.8) is 0 Å². The minimum atomic E-state index is 0.450. The second kappa shape index (κ2) is 8.00. The van der Waals surface area contributed by atoms with Crippen molar-refractivity contribution >= 4 is 22.2 Å². The van der Waals surface area contributed by atoms with Gasteiger partial charge in [0.1, 0.15) is 5.75 Å². The quantitative estimate of drug-likeness (QED) is 0.778. The lowest BCUT2D eigenvalue weighted by Gasteiger charge is -2.11. The van der Waals surface area contributed by atoms with E-state index in [0.29, 0.717) is 6.04 Å². The van der Waals surface area contributed by atoms with Crippen LogP contribution < -0.4 is 15.4 Å². The topological polar surface area (TPSA) is 46.2 Å². The summed E-state index contributed by atoms with van der Waals surface area (Å²) < 4.78 is 5.34. The lowest BCUT2D eigenvalue weighted by atomic mass is 10.2. The number of benzene rings is 1. The molecule has 0 bridgehead atoms. The van der Waals surface area contributed by atoms with Gasteiger partial charge in [-0.2, -0.15) is 0 Å². The molecule has 0 fully saturated rings. The highest BCUT2D eigenvalue weighted by Gasteiger charge is 2.08. The second-order valence-electron chi connectivity index (χ2n) is 5.03. The molecular formula is C16H23N3OS. The Labute approximate surface area is 130 Å². The number of thiazole rings is 1. The van der Waals surface area contributed by atoms with Gasteiger partial charge in [0.25, 0.3) is 0 Å². The first kappa shape index (κ1) is 15.8. The summed E-state index contributed by atoms with van der Waals surface area (Å²) in [5.41, 5.74) is 2.06. The van der Waals surface area contributed by atoms with E-state index in [1.54, 1.807) is 18.4 Å². The predicted molar refractivity (Wildman–Crippen MR) is 89.9 cm³/mol. The summed E-state index contributed by atoms with van der Waals surface area (Å²) >= 11 is 1.62. The Bertz CT molecular complexity index is 556. The van der Waals surface area contributed by atoms with Crippen molar-refractivity contribution in [3.05, 3.63) is 35.3 Å². The van der Waals surface area contributed by atoms with Gasteiger partial charge in [0.2, 0.25) is 0 Å². The van der Waals surface area contributed by atoms with Crippen molar-refractivity contribution in [2.45, 2.75) is 32.7 Å². The van der Waals surface area contributed by atoms with E-state index in [9.17, 15) is 0 Å². The fraction of sp³-hybridized carbons (Fsp3) is 0.438. The Morgan fingerprint density at radius 2 is 2.14 bits per heavy atom. The van der Waals surface area contributed by atoms with Gasteiger partial charge in [-0.1, -0.05) is 19.1 Å². The summed E-state index contributed by atoms with van der Waals surface area (Å²) in [5.74, 6) is 0.826. The Balaban J connectivity index is 1.96. The number of anilines is 2. The number of rotatable bonds is 8. The first-order chi connectivity index (χ1) is 10.2. The normalized spacial score (nSPS) is 12.1. The van der Waals surface area contributed by atoms with Crippen molar-refractivity contribution in [2.24, 2.45) is 0 Å². The van der Waals surface area contributed by atoms with E-state index in [0.717, 1.165) is 41.6 Å². The summed E-state index contributed by atoms with van der Waals surface area (Å²) in [6.45, 7) is 5.43. The fourth-order valence-corrected chi connectivity index (χ4v) is 2.83. The second-order valence-corrected chi connectivity index (χ2v) is 5.89. The van der Waals surface area contributed by atoms with E-state index in [1.807, 2.05) is 24.3 Å². The predicted octanol–water partition coefficient (Wildman–Crippen LogP) is 3.83. The summed E-state index contributed by atoms with van der Waals surface area (Å²) in [6.07, 6.45) is 2.10. The van der Waals surface area contributed by atoms with E-state index in [-0.39, 0.29) is 0 Å². The largest absolute Gasteiger partial charge is 0.495 e. The molecule has 0 saturated carbocycles. The van der Waals surface area contributed by atoms with Crippen LogP contribution in [0.4, 0.5) is 10.8 Å². The Hall–Kier alpha value is -1.59. The molecule has 0 aliphatic heterocycles. The monoisotopic (exact) mass is 305 g/mol. The standard InChI is InChI=1S/C16H23N3OS/c1-4-9-17-12(2)10-13-11-21-16(18-13)19-14-7-5-6-8-15(14)20-3/h5-8,11-12,17H,4,9-10H2,1-3H3,(H,18,19). The molecule has 0 radical (unpaired) electrons. The Kier molecular flexibility index (Phi) is 6.02. The number of methoxy groups -OCH3 is 1. The highest BCUT2D eigenvalue weighted by Crippen LogP contribution is 2.28. The number of nitrogens with zero attached hydrogens (tertiary/aromatic N) is 1. The molecule has 21 heavy (non-hydrogen) atoms. The third kappa shape index (κ3) is 4.72. The van der Waals surface area contributed by atoms with Gasteiger partial charge in [0.15, 0.2) is 5.13 Å². The van der Waals surface area contributed by atoms with Gasteiger partial charge in [-0.3, -0.25) is 0 Å². The summed E-state index contributed by atoms with van der Waals surface area (Å²) in [7, 11) is 1.68. The van der Waals surface area contributed by atoms with Crippen LogP contribution in [0.15, 0.2) is 29.6 Å². The van der Waals surface area contributed by atoms with Crippen molar-refractivity contribution in [2.75, 3.05) is 19.0 Å². The Morgan fingerprint density at radius 3 is 2.90 bits per heavy atom. The number of aromatic nitrogens is 1. The maximum atomic E-state index is 5.34. The summed E-state index contributed by atoms with van der Waals surface area (Å²) in [5, 5.41) is 9.82. The van der Waals surface area contributed by atoms with Crippen LogP contribution in [0.25, 0.3) is 0 Å². The van der Waals surface area contributed by atoms with Gasteiger partial charge in [0, 0.05) is 17.8 Å². The minimum absolute atomic E-state index is 0.450. The smallest absolute Gasteiger partial charge is 0.187 e. The van der Waals surface area contributed by atoms with Gasteiger partial charge < -0.3 is 15.4 Å². The van der Waals surface area contributed by atoms with Crippen LogP contribution >= 0.6 is 11.3 Å². The molecular weight excluding hydrogens is 282 g/mol. The zero-order valence-electron chi connectivity index (χ0n) is 12.8. The third-order valence-corrected chi connectivity index (χ3v) is 3.96. The lowest BCUT2D eigenvalue weighted by molar-refractivity contribution is 0.417. The molecule has 0 spiro atoms. The highest BCUT2D eigenvalue weighted by molar-refractivity contribution is 7.13. The molecule has 2 rings (SSSR count). The molecule has 2 N–H and O–H groups in total. The molecule has 2 aromatic rings. The van der Waals surface area contributed by atoms with Gasteiger partial charge >= 0.3 is 0 Å². The number of hydrogen-bond donors (Lipinski definition) is 2. The van der Waals surface area contributed by atoms with E-state index >= 15 is 0 Å². The summed E-state index contributed by atoms with van der Waals surface area (Å²) in [4.78, 5) is 4.64. The van der Waals surface area contributed by atoms with E-state index in [1.165, 1.54) is 0 Å². The van der Waals surface area contributed by atoms with Crippen molar-refractivity contribution in [3.8, 4) is 5.75 Å². The minimum Gasteiger partial charge on any atom is -0.495 e. The van der Waals surface area contributed by atoms with Gasteiger partial charge in [-0.25, -0.2) is 4.98 Å². The SMILES string of the molecule is CCCNC(C)Cc1csc(Nc2ccccc2OC)n1. The molecule has 1 unspecified atom stereocenters. The molecule has 1 aromatic carbocycles. The van der Waals surface area contributed by atoms with E-state index < -0.39 is 0 Å². The van der Waals surface area contributed by atoms with Crippen LogP contribution in [0.1, 0.15) is 26.0 Å². The molecule has 114 valence electrons. The van der Waals surface area contributed by atoms with Crippen molar-refractivity contribution in [1.82, 2.24) is 10.3 Å². The van der Waals surface area contributed by atoms with Crippen LogP contribution in [0, 0.1) is 0 Å². The Morgan fingerprint density at radius 1 is 1.33 bits per heavy atom. The van der Waals surface area contributed by atoms with Crippen LogP contribution in [-0.2, 0) is 6.42 Å². The molecule has 1 atom stereocenters. The van der Waals surface area contributed by atoms with Crippen LogP contribution in [0.3, 0.4) is 0 Å². The number of hydrogen-bond acceptors (Lipinski definition) is 5. The van der Waals surface area contributed by atoms with Gasteiger partial charge in [-0.05, 0) is 32.0 Å². The van der Waals surface area contributed by atoms with Crippen molar-refractivity contribution < 1.29 is 4.74 Å². The number of para-hydroxylation sites is 2. The van der Waals surface area contributed by atoms with Crippen LogP contribution in [-0.4, -0.2) is 24.7 Å². The zero-order valence-corrected chi connectivity index (χ0v) is 13.7. The first-order valence-electron chi connectivity index (χ1n) is 7.30. The third-order valence-electron chi connectivity index (χ3n) is 3.16. The van der Waals surface area contributed by atoms with Crippen molar-refractivity contribution in [1.29, 1.82) is 0 Å². The zero-order chi connectivity index (χ0) is 15.1. The molecule has 0 aliphatic carbocycles. The van der Waals surface area contributed by atoms with E-state index in [4.69, 9.17) is 4.74 Å². The maximum Gasteiger partial charge on any atom is 0.187 e. The molecule has 1 heterocycles. The van der Waals surface area contributed by atoms with Crippen LogP contribution in [0.5, 0.6) is 5.75 Å². The van der Waals surface area contributed by atoms with Gasteiger partial charge in [-0.15, -0.1) is 11.3 Å². The number of nitrogens with one attached hydrogen (secondary N) is 2. The molecule has 0 aliphatic rings. The molecule has 0 saturated heterocycles. The molecule has 4 nitrogen and oxygen atoms in total. The lowest BCUT2D eigenvalue weighted by Crippen LogP contribution is -2.28. The fourth-order valence-electron chi connectivity index (χ4n) is 2.10. The van der Waals surface area contributed by atoms with Gasteiger partial charge in [0.05, 0.1) is 18.5 Å². The molecule has 1 aromatic heterocycles. The first-order valence-corrected chi connectivity index (χ1v) is 8.18. The van der Waals surface area contributed by atoms with Crippen LogP contribution in [0.2, 0.25) is 0 Å².